The number of imide groups is 1. The van der Waals surface area contributed by atoms with Crippen molar-refractivity contribution in [2.75, 3.05) is 75.3 Å². The Morgan fingerprint density at radius 3 is 2.45 bits per heavy atom. The lowest BCUT2D eigenvalue weighted by Gasteiger charge is -2.57. The van der Waals surface area contributed by atoms with E-state index in [4.69, 9.17) is 19.7 Å². The van der Waals surface area contributed by atoms with Crippen LogP contribution < -0.4 is 25.2 Å². The molecule has 1 aliphatic carbocycles. The van der Waals surface area contributed by atoms with Gasteiger partial charge in [-0.2, -0.15) is 9.97 Å². The molecule has 3 aromatic carbocycles. The van der Waals surface area contributed by atoms with Gasteiger partial charge in [0.1, 0.15) is 28.8 Å². The van der Waals surface area contributed by atoms with Gasteiger partial charge in [0.25, 0.3) is 5.91 Å². The average molecular weight is 935 g/mol. The minimum absolute atomic E-state index is 0.0252. The maximum absolute atomic E-state index is 17.2. The number of hydrogen-bond donors (Lipinski definition) is 3. The van der Waals surface area contributed by atoms with Crippen LogP contribution in [-0.2, 0) is 22.6 Å². The molecule has 9 heterocycles. The number of piperidine rings is 2. The number of halogens is 1. The zero-order valence-electron chi connectivity index (χ0n) is 39.2. The first-order chi connectivity index (χ1) is 33.5. The van der Waals surface area contributed by atoms with E-state index < -0.39 is 11.9 Å². The highest BCUT2D eigenvalue weighted by Gasteiger charge is 2.52. The van der Waals surface area contributed by atoms with Gasteiger partial charge in [0.05, 0.1) is 12.0 Å². The van der Waals surface area contributed by atoms with Crippen molar-refractivity contribution in [3.63, 3.8) is 0 Å². The van der Waals surface area contributed by atoms with Crippen molar-refractivity contribution in [2.45, 2.75) is 95.4 Å². The topological polar surface area (TPSA) is 160 Å². The van der Waals surface area contributed by atoms with Crippen molar-refractivity contribution in [1.82, 2.24) is 40.3 Å². The van der Waals surface area contributed by atoms with Gasteiger partial charge >= 0.3 is 6.01 Å². The van der Waals surface area contributed by atoms with Crippen molar-refractivity contribution in [2.24, 2.45) is 10.8 Å². The number of amides is 3. The monoisotopic (exact) mass is 934 g/mol. The van der Waals surface area contributed by atoms with Crippen LogP contribution >= 0.6 is 0 Å². The van der Waals surface area contributed by atoms with Gasteiger partial charge in [-0.3, -0.25) is 29.6 Å². The highest BCUT2D eigenvalue weighted by molar-refractivity contribution is 6.06. The molecule has 0 radical (unpaired) electrons. The lowest BCUT2D eigenvalue weighted by atomic mass is 9.71. The third-order valence-corrected chi connectivity index (χ3v) is 17.1. The largest absolute Gasteiger partial charge is 0.508 e. The first-order valence-corrected chi connectivity index (χ1v) is 25.2. The van der Waals surface area contributed by atoms with Crippen molar-refractivity contribution < 1.29 is 28.6 Å². The van der Waals surface area contributed by atoms with Gasteiger partial charge in [-0.1, -0.05) is 25.1 Å². The highest BCUT2D eigenvalue weighted by Crippen LogP contribution is 2.50. The Kier molecular flexibility index (Phi) is 10.2. The zero-order valence-corrected chi connectivity index (χ0v) is 39.2. The van der Waals surface area contributed by atoms with E-state index in [9.17, 15) is 19.5 Å². The van der Waals surface area contributed by atoms with Crippen LogP contribution in [0.15, 0.2) is 54.7 Å². The minimum atomic E-state index is -0.603. The molecule has 15 nitrogen and oxygen atoms in total. The number of hydrogen-bond acceptors (Lipinski definition) is 13. The number of aryl methyl sites for hydroxylation is 1. The number of piperazine rings is 1. The van der Waals surface area contributed by atoms with Gasteiger partial charge in [0.2, 0.25) is 11.8 Å². The number of aromatic hydroxyl groups is 1. The smallest absolute Gasteiger partial charge is 0.319 e. The number of pyridine rings is 1. The minimum Gasteiger partial charge on any atom is -0.508 e. The summed E-state index contributed by atoms with van der Waals surface area (Å²) in [6, 6.07) is 16.1. The van der Waals surface area contributed by atoms with E-state index in [1.807, 2.05) is 30.3 Å². The third-order valence-electron chi connectivity index (χ3n) is 17.1. The number of likely N-dealkylation sites (tertiary alicyclic amines) is 2. The van der Waals surface area contributed by atoms with E-state index in [1.54, 1.807) is 23.2 Å². The number of benzene rings is 3. The molecule has 7 aliphatic heterocycles. The molecule has 7 fully saturated rings. The number of phenols is 1. The number of nitrogens with one attached hydrogen (secondary N) is 2. The molecule has 2 bridgehead atoms. The van der Waals surface area contributed by atoms with E-state index in [2.05, 4.69) is 43.2 Å². The van der Waals surface area contributed by atoms with Crippen molar-refractivity contribution in [1.29, 1.82) is 0 Å². The Morgan fingerprint density at radius 2 is 1.70 bits per heavy atom. The highest BCUT2D eigenvalue weighted by atomic mass is 19.1. The fourth-order valence-corrected chi connectivity index (χ4v) is 13.0. The molecule has 16 heteroatoms. The molecule has 3 amide bonds. The number of fused-ring (bicyclic) bond motifs is 5. The van der Waals surface area contributed by atoms with Crippen LogP contribution in [0, 0.1) is 16.6 Å². The number of anilines is 2. The number of carbonyl (C=O) groups excluding carboxylic acids is 3. The number of aromatic nitrogens is 3. The summed E-state index contributed by atoms with van der Waals surface area (Å²) in [4.78, 5) is 63.6. The second-order valence-electron chi connectivity index (χ2n) is 21.7. The lowest BCUT2D eigenvalue weighted by Crippen LogP contribution is -2.65. The summed E-state index contributed by atoms with van der Waals surface area (Å²) >= 11 is 0. The molecule has 1 saturated carbocycles. The molecule has 2 aromatic heterocycles. The van der Waals surface area contributed by atoms with Gasteiger partial charge in [-0.15, -0.1) is 0 Å². The second kappa shape index (κ2) is 16.3. The second-order valence-corrected chi connectivity index (χ2v) is 21.7. The zero-order chi connectivity index (χ0) is 46.8. The Labute approximate surface area is 400 Å². The summed E-state index contributed by atoms with van der Waals surface area (Å²) < 4.78 is 23.7. The molecule has 69 heavy (non-hydrogen) atoms. The summed E-state index contributed by atoms with van der Waals surface area (Å²) in [7, 11) is 0. The molecule has 3 atom stereocenters. The summed E-state index contributed by atoms with van der Waals surface area (Å²) in [5.41, 5.74) is 5.04. The summed E-state index contributed by atoms with van der Waals surface area (Å²) in [5.74, 6) is -0.609. The van der Waals surface area contributed by atoms with Crippen molar-refractivity contribution >= 4 is 50.9 Å². The van der Waals surface area contributed by atoms with Crippen LogP contribution in [0.5, 0.6) is 11.8 Å². The van der Waals surface area contributed by atoms with E-state index >= 15 is 4.39 Å². The fourth-order valence-electron chi connectivity index (χ4n) is 13.0. The molecular weight excluding hydrogens is 876 g/mol. The number of carbonyl (C=O) groups is 3. The fraction of sp³-hybridized carbons (Fsp3) is 0.509. The third kappa shape index (κ3) is 7.55. The molecule has 3 N–H and O–H groups in total. The van der Waals surface area contributed by atoms with Crippen molar-refractivity contribution in [3.8, 4) is 23.0 Å². The standard InChI is InChI=1S/C53H59FN10O5/c1-2-31-4-3-5-32-19-38(65)20-40(44(31)32)46-45(54)47-41(21-55-46)48(63-23-34-6-7-35(24-63)56-34)59-51(58-47)69-30-53(12-13-53)29-60-27-52(28-60)14-16-61(17-15-52)37-25-62(26-37)36-8-9-39-33(18-36)22-64(50(39)68)42-10-11-43(66)57-49(42)67/h3-5,8-9,18-21,34-35,37,42,56,65H,2,6-7,10-17,22-30H2,1H3,(H,57,66,67). The quantitative estimate of drug-likeness (QED) is 0.145. The van der Waals surface area contributed by atoms with E-state index in [-0.39, 0.29) is 52.5 Å². The number of rotatable bonds is 11. The molecule has 8 aliphatic rings. The number of ether oxygens (including phenoxy) is 1. The van der Waals surface area contributed by atoms with Gasteiger partial charge in [0, 0.05) is 105 Å². The van der Waals surface area contributed by atoms with Gasteiger partial charge in [-0.05, 0) is 122 Å². The normalized spacial score (nSPS) is 25.3. The molecular formula is C53H59FN10O5. The van der Waals surface area contributed by atoms with Crippen LogP contribution in [0.1, 0.15) is 79.8 Å². The predicted molar refractivity (Wildman–Crippen MR) is 259 cm³/mol. The maximum atomic E-state index is 17.2. The predicted octanol–water partition coefficient (Wildman–Crippen LogP) is 5.40. The Bertz CT molecular complexity index is 2930. The van der Waals surface area contributed by atoms with Gasteiger partial charge in [0.15, 0.2) is 5.82 Å². The number of nitrogens with zero attached hydrogens (tertiary/aromatic N) is 8. The summed E-state index contributed by atoms with van der Waals surface area (Å²) in [6.45, 7) is 11.8. The van der Waals surface area contributed by atoms with Crippen LogP contribution in [-0.4, -0.2) is 142 Å². The summed E-state index contributed by atoms with van der Waals surface area (Å²) in [6.07, 6.45) is 9.83. The Hall–Kier alpha value is -5.97. The van der Waals surface area contributed by atoms with E-state index in [0.717, 1.165) is 119 Å². The molecule has 6 saturated heterocycles. The molecule has 3 unspecified atom stereocenters. The molecule has 5 aromatic rings. The van der Waals surface area contributed by atoms with E-state index in [0.29, 0.717) is 65.4 Å². The molecule has 1 spiro atoms. The Balaban J connectivity index is 0.647. The first-order valence-electron chi connectivity index (χ1n) is 25.2. The van der Waals surface area contributed by atoms with Crippen molar-refractivity contribution in [3.05, 3.63) is 77.2 Å². The van der Waals surface area contributed by atoms with E-state index in [1.165, 1.54) is 12.8 Å². The van der Waals surface area contributed by atoms with Crippen LogP contribution in [0.25, 0.3) is 32.9 Å². The lowest BCUT2D eigenvalue weighted by molar-refractivity contribution is -0.136. The SMILES string of the molecule is CCc1cccc2cc(O)cc(-c3ncc4c(N5CC6CCC(C5)N6)nc(OCC5(CN6CC7(CCN(C8CN(c9ccc%10c(c9)CN(C9CCC(=O)NC9=O)C%10=O)C8)CC7)C6)CC5)nc4c3F)c12. The maximum Gasteiger partial charge on any atom is 0.319 e. The molecule has 13 rings (SSSR count). The van der Waals surface area contributed by atoms with Crippen LogP contribution in [0.3, 0.4) is 0 Å². The van der Waals surface area contributed by atoms with Crippen LogP contribution in [0.2, 0.25) is 0 Å². The van der Waals surface area contributed by atoms with Crippen LogP contribution in [0.4, 0.5) is 15.9 Å². The summed E-state index contributed by atoms with van der Waals surface area (Å²) in [5, 5.41) is 19.2. The van der Waals surface area contributed by atoms with Gasteiger partial charge < -0.3 is 34.8 Å². The first kappa shape index (κ1) is 43.1. The van der Waals surface area contributed by atoms with Gasteiger partial charge in [-0.25, -0.2) is 4.39 Å². The molecule has 358 valence electrons. The average Bonchev–Trinajstić information content (AvgIpc) is 3.90. The Morgan fingerprint density at radius 1 is 0.899 bits per heavy atom. The number of phenolic OH excluding ortho intramolecular Hbond substituents is 1.